The first kappa shape index (κ1) is 17.2. The third-order valence-electron chi connectivity index (χ3n) is 3.31. The number of methoxy groups -OCH3 is 1. The van der Waals surface area contributed by atoms with Gasteiger partial charge < -0.3 is 9.15 Å². The van der Waals surface area contributed by atoms with Gasteiger partial charge in [0.25, 0.3) is 10.0 Å². The molecule has 2 aromatic heterocycles. The molecule has 7 nitrogen and oxygen atoms in total. The van der Waals surface area contributed by atoms with E-state index in [1.807, 2.05) is 0 Å². The molecule has 0 aliphatic rings. The second kappa shape index (κ2) is 7.08. The summed E-state index contributed by atoms with van der Waals surface area (Å²) >= 11 is 1.19. The van der Waals surface area contributed by atoms with Crippen LogP contribution in [0.3, 0.4) is 0 Å². The average molecular weight is 378 g/mol. The van der Waals surface area contributed by atoms with Crippen molar-refractivity contribution in [1.82, 2.24) is 4.98 Å². The third kappa shape index (κ3) is 3.57. The second-order valence-electron chi connectivity index (χ2n) is 4.90. The van der Waals surface area contributed by atoms with Crippen LogP contribution in [0, 0.1) is 0 Å². The lowest BCUT2D eigenvalue weighted by molar-refractivity contribution is 0.0563. The predicted octanol–water partition coefficient (Wildman–Crippen LogP) is 2.92. The molecule has 0 aliphatic heterocycles. The molecule has 2 heterocycles. The molecule has 1 aromatic carbocycles. The van der Waals surface area contributed by atoms with E-state index in [-0.39, 0.29) is 17.2 Å². The van der Waals surface area contributed by atoms with Crippen molar-refractivity contribution in [2.45, 2.75) is 11.4 Å². The van der Waals surface area contributed by atoms with Crippen LogP contribution in [-0.2, 0) is 21.3 Å². The number of furan rings is 1. The molecule has 0 unspecified atom stereocenters. The fraction of sp³-hybridized carbons (Fsp3) is 0.125. The Morgan fingerprint density at radius 1 is 1.24 bits per heavy atom. The molecule has 0 atom stereocenters. The maximum atomic E-state index is 13.0. The van der Waals surface area contributed by atoms with Crippen LogP contribution in [0.2, 0.25) is 0 Å². The molecule has 9 heteroatoms. The van der Waals surface area contributed by atoms with E-state index in [0.29, 0.717) is 10.9 Å². The van der Waals surface area contributed by atoms with Gasteiger partial charge in [-0.15, -0.1) is 11.3 Å². The van der Waals surface area contributed by atoms with Crippen LogP contribution in [-0.4, -0.2) is 26.5 Å². The van der Waals surface area contributed by atoms with E-state index in [1.165, 1.54) is 48.9 Å². The van der Waals surface area contributed by atoms with Gasteiger partial charge in [0, 0.05) is 11.6 Å². The Balaban J connectivity index is 1.97. The molecule has 0 amide bonds. The molecule has 0 aliphatic carbocycles. The number of hydrogen-bond donors (Lipinski definition) is 0. The van der Waals surface area contributed by atoms with E-state index in [1.54, 1.807) is 23.6 Å². The summed E-state index contributed by atoms with van der Waals surface area (Å²) in [5, 5.41) is 1.99. The number of benzene rings is 1. The number of rotatable bonds is 6. The summed E-state index contributed by atoms with van der Waals surface area (Å²) in [6, 6.07) is 11.0. The number of ether oxygens (including phenoxy) is 1. The molecule has 130 valence electrons. The van der Waals surface area contributed by atoms with Crippen molar-refractivity contribution in [3.05, 3.63) is 65.6 Å². The van der Waals surface area contributed by atoms with Crippen LogP contribution >= 0.6 is 11.3 Å². The highest BCUT2D eigenvalue weighted by Crippen LogP contribution is 2.28. The van der Waals surface area contributed by atoms with Crippen molar-refractivity contribution < 1.29 is 22.4 Å². The number of thiazole rings is 1. The third-order valence-corrected chi connectivity index (χ3v) is 5.97. The van der Waals surface area contributed by atoms with Crippen molar-refractivity contribution in [3.63, 3.8) is 0 Å². The van der Waals surface area contributed by atoms with E-state index < -0.39 is 16.0 Å². The van der Waals surface area contributed by atoms with E-state index in [9.17, 15) is 13.2 Å². The molecule has 0 spiro atoms. The van der Waals surface area contributed by atoms with Gasteiger partial charge in [0.1, 0.15) is 5.76 Å². The van der Waals surface area contributed by atoms with Crippen molar-refractivity contribution in [3.8, 4) is 0 Å². The fourth-order valence-electron chi connectivity index (χ4n) is 2.13. The lowest BCUT2D eigenvalue weighted by atomic mass is 10.4. The van der Waals surface area contributed by atoms with Crippen molar-refractivity contribution in [2.75, 3.05) is 11.4 Å². The van der Waals surface area contributed by atoms with Crippen LogP contribution in [0.4, 0.5) is 5.13 Å². The minimum atomic E-state index is -3.83. The maximum Gasteiger partial charge on any atom is 0.373 e. The average Bonchev–Trinajstić information content (AvgIpc) is 3.31. The molecule has 0 fully saturated rings. The van der Waals surface area contributed by atoms with Gasteiger partial charge in [0.15, 0.2) is 5.13 Å². The molecule has 25 heavy (non-hydrogen) atoms. The maximum absolute atomic E-state index is 13.0. The second-order valence-corrected chi connectivity index (χ2v) is 7.63. The van der Waals surface area contributed by atoms with Gasteiger partial charge in [-0.05, 0) is 24.3 Å². The van der Waals surface area contributed by atoms with Gasteiger partial charge in [0.05, 0.1) is 18.6 Å². The standard InChI is InChI=1S/C16H14N2O5S2/c1-22-15(19)14-8-7-12(23-14)11-18(16-17-9-10-24-16)25(20,21)13-5-3-2-4-6-13/h2-10H,11H2,1H3. The van der Waals surface area contributed by atoms with Crippen LogP contribution < -0.4 is 4.31 Å². The zero-order valence-electron chi connectivity index (χ0n) is 13.2. The summed E-state index contributed by atoms with van der Waals surface area (Å²) in [7, 11) is -2.59. The Morgan fingerprint density at radius 2 is 2.00 bits per heavy atom. The monoisotopic (exact) mass is 378 g/mol. The van der Waals surface area contributed by atoms with E-state index in [4.69, 9.17) is 4.42 Å². The van der Waals surface area contributed by atoms with Gasteiger partial charge in [-0.25, -0.2) is 22.5 Å². The SMILES string of the molecule is COC(=O)c1ccc(CN(c2nccs2)S(=O)(=O)c2ccccc2)o1. The van der Waals surface area contributed by atoms with Crippen molar-refractivity contribution in [2.24, 2.45) is 0 Å². The summed E-state index contributed by atoms with van der Waals surface area (Å²) in [5.41, 5.74) is 0. The highest BCUT2D eigenvalue weighted by molar-refractivity contribution is 7.93. The molecule has 3 aromatic rings. The number of carbonyl (C=O) groups excluding carboxylic acids is 1. The first-order chi connectivity index (χ1) is 12.0. The smallest absolute Gasteiger partial charge is 0.373 e. The molecule has 3 rings (SSSR count). The molecule has 0 N–H and O–H groups in total. The van der Waals surface area contributed by atoms with Crippen molar-refractivity contribution >= 4 is 32.5 Å². The first-order valence-electron chi connectivity index (χ1n) is 7.16. The topological polar surface area (TPSA) is 89.7 Å². The number of esters is 1. The number of aromatic nitrogens is 1. The highest BCUT2D eigenvalue weighted by atomic mass is 32.2. The Labute approximate surface area is 148 Å². The molecule has 0 saturated heterocycles. The molecule has 0 radical (unpaired) electrons. The summed E-state index contributed by atoms with van der Waals surface area (Å²) < 4.78 is 37.1. The van der Waals surface area contributed by atoms with E-state index in [2.05, 4.69) is 9.72 Å². The minimum Gasteiger partial charge on any atom is -0.463 e. The van der Waals surface area contributed by atoms with Gasteiger partial charge in [-0.1, -0.05) is 18.2 Å². The molecule has 0 saturated carbocycles. The zero-order chi connectivity index (χ0) is 17.9. The molecule has 0 bridgehead atoms. The van der Waals surface area contributed by atoms with Crippen LogP contribution in [0.5, 0.6) is 0 Å². The Bertz CT molecular complexity index is 950. The van der Waals surface area contributed by atoms with Crippen LogP contribution in [0.25, 0.3) is 0 Å². The lowest BCUT2D eigenvalue weighted by Crippen LogP contribution is -2.30. The number of hydrogen-bond acceptors (Lipinski definition) is 7. The summed E-state index contributed by atoms with van der Waals surface area (Å²) in [6.07, 6.45) is 1.52. The number of sulfonamides is 1. The first-order valence-corrected chi connectivity index (χ1v) is 9.48. The summed E-state index contributed by atoms with van der Waals surface area (Å²) in [6.45, 7) is -0.0955. The molecular formula is C16H14N2O5S2. The number of anilines is 1. The summed E-state index contributed by atoms with van der Waals surface area (Å²) in [4.78, 5) is 15.7. The normalized spacial score (nSPS) is 11.2. The Morgan fingerprint density at radius 3 is 2.64 bits per heavy atom. The van der Waals surface area contributed by atoms with Gasteiger partial charge in [0.2, 0.25) is 5.76 Å². The van der Waals surface area contributed by atoms with E-state index in [0.717, 1.165) is 4.31 Å². The van der Waals surface area contributed by atoms with Crippen molar-refractivity contribution in [1.29, 1.82) is 0 Å². The summed E-state index contributed by atoms with van der Waals surface area (Å²) in [5.74, 6) is -0.318. The quantitative estimate of drug-likeness (QED) is 0.613. The highest BCUT2D eigenvalue weighted by Gasteiger charge is 2.28. The Kier molecular flexibility index (Phi) is 4.86. The van der Waals surface area contributed by atoms with Crippen LogP contribution in [0.1, 0.15) is 16.3 Å². The van der Waals surface area contributed by atoms with Gasteiger partial charge >= 0.3 is 5.97 Å². The lowest BCUT2D eigenvalue weighted by Gasteiger charge is -2.20. The zero-order valence-corrected chi connectivity index (χ0v) is 14.8. The largest absolute Gasteiger partial charge is 0.463 e. The number of carbonyl (C=O) groups is 1. The van der Waals surface area contributed by atoms with Crippen LogP contribution in [0.15, 0.2) is 63.4 Å². The molecular weight excluding hydrogens is 364 g/mol. The number of nitrogens with zero attached hydrogens (tertiary/aromatic N) is 2. The van der Waals surface area contributed by atoms with E-state index >= 15 is 0 Å². The Hall–Kier alpha value is -2.65. The minimum absolute atomic E-state index is 0.00805. The predicted molar refractivity (Wildman–Crippen MR) is 92.0 cm³/mol. The van der Waals surface area contributed by atoms with Gasteiger partial charge in [-0.2, -0.15) is 0 Å². The fourth-order valence-corrected chi connectivity index (χ4v) is 4.41. The van der Waals surface area contributed by atoms with Gasteiger partial charge in [-0.3, -0.25) is 0 Å².